The molecule has 2 aromatic rings. The second kappa shape index (κ2) is 7.26. The molecule has 1 fully saturated rings. The van der Waals surface area contributed by atoms with E-state index in [1.54, 1.807) is 7.11 Å². The molecule has 152 valence electrons. The molecule has 0 spiro atoms. The molecule has 0 saturated heterocycles. The van der Waals surface area contributed by atoms with Gasteiger partial charge in [-0.2, -0.15) is 0 Å². The summed E-state index contributed by atoms with van der Waals surface area (Å²) in [5.41, 5.74) is 18.7. The summed E-state index contributed by atoms with van der Waals surface area (Å²) in [6.45, 7) is 8.59. The van der Waals surface area contributed by atoms with Crippen LogP contribution in [0.1, 0.15) is 56.2 Å². The summed E-state index contributed by atoms with van der Waals surface area (Å²) in [4.78, 5) is 14.0. The van der Waals surface area contributed by atoms with Gasteiger partial charge in [0.2, 0.25) is 0 Å². The third-order valence-electron chi connectivity index (χ3n) is 6.44. The van der Waals surface area contributed by atoms with E-state index in [1.807, 2.05) is 0 Å². The molecular formula is C23H29N5O. The fraction of sp³-hybridized carbons (Fsp3) is 0.435. The van der Waals surface area contributed by atoms with Crippen LogP contribution in [0.25, 0.3) is 16.8 Å². The quantitative estimate of drug-likeness (QED) is 0.773. The summed E-state index contributed by atoms with van der Waals surface area (Å²) in [6, 6.07) is 6.72. The summed E-state index contributed by atoms with van der Waals surface area (Å²) in [6.07, 6.45) is 5.82. The first-order chi connectivity index (χ1) is 13.8. The molecule has 4 N–H and O–H groups in total. The smallest absolute Gasteiger partial charge is 0.131 e. The highest BCUT2D eigenvalue weighted by Gasteiger charge is 2.41. The number of nitrogens with zero attached hydrogens (tertiary/aromatic N) is 3. The zero-order valence-electron chi connectivity index (χ0n) is 17.4. The second-order valence-electron chi connectivity index (χ2n) is 8.63. The number of rotatable bonds is 3. The van der Waals surface area contributed by atoms with Gasteiger partial charge in [0.05, 0.1) is 11.4 Å². The molecule has 1 aromatic heterocycles. The fourth-order valence-electron chi connectivity index (χ4n) is 4.78. The molecular weight excluding hydrogens is 362 g/mol. The van der Waals surface area contributed by atoms with Crippen molar-refractivity contribution in [3.8, 4) is 11.3 Å². The van der Waals surface area contributed by atoms with Crippen LogP contribution >= 0.6 is 0 Å². The van der Waals surface area contributed by atoms with Gasteiger partial charge in [-0.05, 0) is 62.7 Å². The van der Waals surface area contributed by atoms with Gasteiger partial charge in [0.25, 0.3) is 0 Å². The van der Waals surface area contributed by atoms with Gasteiger partial charge in [0.1, 0.15) is 19.3 Å². The number of nitrogens with two attached hydrogens (primary N) is 2. The minimum absolute atomic E-state index is 0.325. The van der Waals surface area contributed by atoms with Crippen LogP contribution in [0, 0.1) is 5.92 Å². The summed E-state index contributed by atoms with van der Waals surface area (Å²) >= 11 is 0. The number of oxime groups is 1. The molecule has 6 heteroatoms. The maximum absolute atomic E-state index is 6.25. The lowest BCUT2D eigenvalue weighted by atomic mass is 9.69. The minimum atomic E-state index is -0.485. The van der Waals surface area contributed by atoms with Crippen LogP contribution in [0.15, 0.2) is 36.3 Å². The van der Waals surface area contributed by atoms with E-state index in [0.29, 0.717) is 17.8 Å². The van der Waals surface area contributed by atoms with E-state index < -0.39 is 5.41 Å². The van der Waals surface area contributed by atoms with Crippen LogP contribution in [0.5, 0.6) is 0 Å². The van der Waals surface area contributed by atoms with E-state index in [0.717, 1.165) is 59.3 Å². The Balaban J connectivity index is 1.83. The number of hydrogen-bond acceptors (Lipinski definition) is 6. The van der Waals surface area contributed by atoms with Crippen molar-refractivity contribution >= 4 is 17.1 Å². The zero-order valence-corrected chi connectivity index (χ0v) is 17.4. The topological polar surface area (TPSA) is 99.4 Å². The third-order valence-corrected chi connectivity index (χ3v) is 6.44. The van der Waals surface area contributed by atoms with Crippen LogP contribution in [-0.4, -0.2) is 28.8 Å². The Hall–Kier alpha value is -2.73. The maximum Gasteiger partial charge on any atom is 0.131 e. The molecule has 1 saturated carbocycles. The fourth-order valence-corrected chi connectivity index (χ4v) is 4.78. The molecule has 0 radical (unpaired) electrons. The summed E-state index contributed by atoms with van der Waals surface area (Å²) in [5.74, 6) is 0.944. The number of benzene rings is 1. The van der Waals surface area contributed by atoms with Gasteiger partial charge in [-0.3, -0.25) is 0 Å². The molecule has 2 aliphatic rings. The number of nitrogen functional groups attached to an aromatic ring is 1. The van der Waals surface area contributed by atoms with Crippen molar-refractivity contribution in [3.63, 3.8) is 0 Å². The second-order valence-corrected chi connectivity index (χ2v) is 8.63. The van der Waals surface area contributed by atoms with E-state index >= 15 is 0 Å². The predicted molar refractivity (Wildman–Crippen MR) is 117 cm³/mol. The highest BCUT2D eigenvalue weighted by molar-refractivity contribution is 6.15. The first kappa shape index (κ1) is 19.6. The molecule has 29 heavy (non-hydrogen) atoms. The van der Waals surface area contributed by atoms with Crippen molar-refractivity contribution in [1.29, 1.82) is 0 Å². The molecule has 0 unspecified atom stereocenters. The van der Waals surface area contributed by atoms with Crippen molar-refractivity contribution in [2.75, 3.05) is 12.8 Å². The van der Waals surface area contributed by atoms with Crippen molar-refractivity contribution in [1.82, 2.24) is 9.97 Å². The minimum Gasteiger partial charge on any atom is -0.399 e. The number of hydrogen-bond donors (Lipinski definition) is 2. The predicted octanol–water partition coefficient (Wildman–Crippen LogP) is 3.90. The zero-order chi connectivity index (χ0) is 20.8. The summed E-state index contributed by atoms with van der Waals surface area (Å²) in [7, 11) is 1.57. The van der Waals surface area contributed by atoms with Crippen molar-refractivity contribution in [3.05, 3.63) is 47.8 Å². The molecule has 1 aromatic carbocycles. The van der Waals surface area contributed by atoms with Crippen molar-refractivity contribution < 1.29 is 4.84 Å². The lowest BCUT2D eigenvalue weighted by molar-refractivity contribution is 0.211. The molecule has 0 amide bonds. The standard InChI is InChI=1S/C23H29N5O/c1-13(14-5-8-16(24)9-6-14)15-7-10-17-18(11-15)21(28-29-4)23(2,3)19-20(17)26-12-27-22(19)25/h7,10-12,14,16H,1,5-6,8-9,24H2,2-4H3,(H2,25,26,27)/b28-21+. The normalized spacial score (nSPS) is 23.9. The van der Waals surface area contributed by atoms with Gasteiger partial charge in [-0.25, -0.2) is 9.97 Å². The first-order valence-corrected chi connectivity index (χ1v) is 10.2. The Labute approximate surface area is 172 Å². The third kappa shape index (κ3) is 3.21. The molecule has 2 aliphatic carbocycles. The van der Waals surface area contributed by atoms with Crippen LogP contribution in [-0.2, 0) is 10.3 Å². The number of anilines is 1. The summed E-state index contributed by atoms with van der Waals surface area (Å²) < 4.78 is 0. The highest BCUT2D eigenvalue weighted by atomic mass is 16.6. The van der Waals surface area contributed by atoms with Gasteiger partial charge >= 0.3 is 0 Å². The molecule has 6 nitrogen and oxygen atoms in total. The first-order valence-electron chi connectivity index (χ1n) is 10.2. The monoisotopic (exact) mass is 391 g/mol. The van der Waals surface area contributed by atoms with E-state index in [-0.39, 0.29) is 0 Å². The Morgan fingerprint density at radius 3 is 2.59 bits per heavy atom. The average Bonchev–Trinajstić information content (AvgIpc) is 2.70. The molecule has 0 bridgehead atoms. The Morgan fingerprint density at radius 2 is 1.90 bits per heavy atom. The number of aromatic nitrogens is 2. The summed E-state index contributed by atoms with van der Waals surface area (Å²) in [5, 5.41) is 4.40. The SMILES string of the molecule is C=C(c1ccc2c(c1)/C(=N\OC)C(C)(C)c1c(N)ncnc1-2)C1CCC(N)CC1. The van der Waals surface area contributed by atoms with Crippen LogP contribution in [0.2, 0.25) is 0 Å². The van der Waals surface area contributed by atoms with Crippen molar-refractivity contribution in [2.45, 2.75) is 51.0 Å². The van der Waals surface area contributed by atoms with Crippen LogP contribution in [0.4, 0.5) is 5.82 Å². The molecule has 0 atom stereocenters. The van der Waals surface area contributed by atoms with Gasteiger partial charge in [0.15, 0.2) is 0 Å². The van der Waals surface area contributed by atoms with Crippen LogP contribution < -0.4 is 11.5 Å². The Kier molecular flexibility index (Phi) is 4.90. The van der Waals surface area contributed by atoms with Crippen LogP contribution in [0.3, 0.4) is 0 Å². The van der Waals surface area contributed by atoms with Gasteiger partial charge in [0, 0.05) is 28.1 Å². The van der Waals surface area contributed by atoms with Gasteiger partial charge < -0.3 is 16.3 Å². The molecule has 4 rings (SSSR count). The van der Waals surface area contributed by atoms with E-state index in [2.05, 4.69) is 53.7 Å². The molecule has 1 heterocycles. The number of allylic oxidation sites excluding steroid dienone is 1. The van der Waals surface area contributed by atoms with E-state index in [9.17, 15) is 0 Å². The highest BCUT2D eigenvalue weighted by Crippen LogP contribution is 2.45. The molecule has 0 aliphatic heterocycles. The maximum atomic E-state index is 6.25. The lowest BCUT2D eigenvalue weighted by Gasteiger charge is -2.35. The van der Waals surface area contributed by atoms with Gasteiger partial charge in [-0.15, -0.1) is 0 Å². The Bertz CT molecular complexity index is 987. The van der Waals surface area contributed by atoms with E-state index in [1.165, 1.54) is 11.9 Å². The van der Waals surface area contributed by atoms with E-state index in [4.69, 9.17) is 16.3 Å². The van der Waals surface area contributed by atoms with Gasteiger partial charge in [-0.1, -0.05) is 23.9 Å². The van der Waals surface area contributed by atoms with Crippen molar-refractivity contribution in [2.24, 2.45) is 16.8 Å². The number of fused-ring (bicyclic) bond motifs is 3. The average molecular weight is 392 g/mol. The largest absolute Gasteiger partial charge is 0.399 e. The lowest BCUT2D eigenvalue weighted by Crippen LogP contribution is -2.36. The Morgan fingerprint density at radius 1 is 1.17 bits per heavy atom.